The molecule has 0 aromatic carbocycles. The molecular weight excluding hydrogens is 412 g/mol. The number of rotatable bonds is 8. The van der Waals surface area contributed by atoms with Gasteiger partial charge in [-0.15, -0.1) is 0 Å². The Morgan fingerprint density at radius 1 is 1.12 bits per heavy atom. The third-order valence-corrected chi connectivity index (χ3v) is 6.83. The minimum absolute atomic E-state index is 0.0327. The van der Waals surface area contributed by atoms with E-state index in [0.29, 0.717) is 44.2 Å². The topological polar surface area (TPSA) is 89.3 Å². The van der Waals surface area contributed by atoms with Gasteiger partial charge in [0, 0.05) is 59.6 Å². The second-order valence-electron chi connectivity index (χ2n) is 9.35. The second-order valence-corrected chi connectivity index (χ2v) is 9.35. The van der Waals surface area contributed by atoms with Crippen LogP contribution in [0.4, 0.5) is 6.01 Å². The second kappa shape index (κ2) is 11.4. The maximum absolute atomic E-state index is 13.0. The van der Waals surface area contributed by atoms with Gasteiger partial charge in [-0.25, -0.2) is 0 Å². The molecule has 0 saturated carbocycles. The lowest BCUT2D eigenvalue weighted by molar-refractivity contribution is -0.128. The lowest BCUT2D eigenvalue weighted by atomic mass is 9.88. The molecule has 0 spiro atoms. The SMILES string of the molecule is COC[C@@H]1C[C@@H](C(=O)NCC2CCOCC2)CN(Cc2nc(N3CCOCC3)oc2C)C1. The number of morpholine rings is 1. The number of aryl methyl sites for hydroxylation is 1. The first kappa shape index (κ1) is 23.5. The molecule has 0 radical (unpaired) electrons. The number of likely N-dealkylation sites (tertiary alicyclic amines) is 1. The van der Waals surface area contributed by atoms with Gasteiger partial charge in [0.05, 0.1) is 31.4 Å². The van der Waals surface area contributed by atoms with E-state index in [1.54, 1.807) is 7.11 Å². The van der Waals surface area contributed by atoms with Crippen molar-refractivity contribution < 1.29 is 23.4 Å². The van der Waals surface area contributed by atoms with Crippen LogP contribution in [0.2, 0.25) is 0 Å². The van der Waals surface area contributed by atoms with Crippen molar-refractivity contribution in [1.29, 1.82) is 0 Å². The fourth-order valence-corrected chi connectivity index (χ4v) is 4.98. The number of anilines is 1. The van der Waals surface area contributed by atoms with Crippen molar-refractivity contribution in [3.8, 4) is 0 Å². The smallest absolute Gasteiger partial charge is 0.297 e. The Morgan fingerprint density at radius 2 is 1.88 bits per heavy atom. The Bertz CT molecular complexity index is 730. The number of oxazole rings is 1. The summed E-state index contributed by atoms with van der Waals surface area (Å²) >= 11 is 0. The molecule has 4 rings (SSSR count). The van der Waals surface area contributed by atoms with Crippen molar-refractivity contribution in [2.24, 2.45) is 17.8 Å². The van der Waals surface area contributed by atoms with Gasteiger partial charge in [0.1, 0.15) is 5.76 Å². The minimum Gasteiger partial charge on any atom is -0.429 e. The van der Waals surface area contributed by atoms with Gasteiger partial charge in [-0.3, -0.25) is 9.69 Å². The first-order valence-electron chi connectivity index (χ1n) is 12.0. The highest BCUT2D eigenvalue weighted by molar-refractivity contribution is 5.79. The molecule has 32 heavy (non-hydrogen) atoms. The van der Waals surface area contributed by atoms with Gasteiger partial charge < -0.3 is 28.8 Å². The van der Waals surface area contributed by atoms with E-state index in [-0.39, 0.29) is 11.8 Å². The van der Waals surface area contributed by atoms with E-state index in [0.717, 1.165) is 76.7 Å². The van der Waals surface area contributed by atoms with Crippen LogP contribution in [0.3, 0.4) is 0 Å². The molecule has 1 aromatic rings. The number of methoxy groups -OCH3 is 1. The van der Waals surface area contributed by atoms with Gasteiger partial charge >= 0.3 is 0 Å². The number of carbonyl (C=O) groups is 1. The summed E-state index contributed by atoms with van der Waals surface area (Å²) in [7, 11) is 1.73. The number of aromatic nitrogens is 1. The van der Waals surface area contributed by atoms with Gasteiger partial charge in [0.2, 0.25) is 5.91 Å². The summed E-state index contributed by atoms with van der Waals surface area (Å²) in [5.41, 5.74) is 0.950. The normalized spacial score (nSPS) is 25.8. The molecular formula is C23H38N4O5. The highest BCUT2D eigenvalue weighted by Crippen LogP contribution is 2.26. The summed E-state index contributed by atoms with van der Waals surface area (Å²) < 4.78 is 22.3. The van der Waals surface area contributed by atoms with Crippen LogP contribution in [0.1, 0.15) is 30.7 Å². The molecule has 3 aliphatic rings. The average molecular weight is 451 g/mol. The Labute approximate surface area is 190 Å². The summed E-state index contributed by atoms with van der Waals surface area (Å²) in [4.78, 5) is 22.3. The molecule has 1 aromatic heterocycles. The zero-order chi connectivity index (χ0) is 22.3. The van der Waals surface area contributed by atoms with Crippen molar-refractivity contribution in [1.82, 2.24) is 15.2 Å². The summed E-state index contributed by atoms with van der Waals surface area (Å²) in [6.07, 6.45) is 2.92. The number of ether oxygens (including phenoxy) is 3. The summed E-state index contributed by atoms with van der Waals surface area (Å²) in [6.45, 7) is 10.3. The van der Waals surface area contributed by atoms with Crippen LogP contribution in [0, 0.1) is 24.7 Å². The van der Waals surface area contributed by atoms with E-state index in [4.69, 9.17) is 23.6 Å². The van der Waals surface area contributed by atoms with E-state index in [1.165, 1.54) is 0 Å². The van der Waals surface area contributed by atoms with Crippen molar-refractivity contribution in [2.45, 2.75) is 32.7 Å². The van der Waals surface area contributed by atoms with E-state index >= 15 is 0 Å². The number of piperidine rings is 1. The molecule has 180 valence electrons. The third-order valence-electron chi connectivity index (χ3n) is 6.83. The van der Waals surface area contributed by atoms with Gasteiger partial charge in [0.15, 0.2) is 0 Å². The Kier molecular flexibility index (Phi) is 8.40. The van der Waals surface area contributed by atoms with E-state index in [1.807, 2.05) is 6.92 Å². The molecule has 4 heterocycles. The molecule has 3 fully saturated rings. The van der Waals surface area contributed by atoms with Crippen LogP contribution in [-0.2, 0) is 25.5 Å². The van der Waals surface area contributed by atoms with Crippen LogP contribution >= 0.6 is 0 Å². The van der Waals surface area contributed by atoms with E-state index in [2.05, 4.69) is 15.1 Å². The molecule has 1 N–H and O–H groups in total. The van der Waals surface area contributed by atoms with Crippen LogP contribution in [-0.4, -0.2) is 88.7 Å². The number of amides is 1. The van der Waals surface area contributed by atoms with Crippen LogP contribution < -0.4 is 10.2 Å². The van der Waals surface area contributed by atoms with Gasteiger partial charge in [-0.05, 0) is 38.0 Å². The monoisotopic (exact) mass is 450 g/mol. The summed E-state index contributed by atoms with van der Waals surface area (Å²) in [5, 5.41) is 3.21. The average Bonchev–Trinajstić information content (AvgIpc) is 3.19. The predicted molar refractivity (Wildman–Crippen MR) is 120 cm³/mol. The lowest BCUT2D eigenvalue weighted by Crippen LogP contribution is -2.48. The largest absolute Gasteiger partial charge is 0.429 e. The number of hydrogen-bond donors (Lipinski definition) is 1. The zero-order valence-electron chi connectivity index (χ0n) is 19.5. The summed E-state index contributed by atoms with van der Waals surface area (Å²) in [6, 6.07) is 0.678. The number of hydrogen-bond acceptors (Lipinski definition) is 8. The molecule has 9 heteroatoms. The Morgan fingerprint density at radius 3 is 2.62 bits per heavy atom. The fraction of sp³-hybridized carbons (Fsp3) is 0.826. The quantitative estimate of drug-likeness (QED) is 0.637. The Balaban J connectivity index is 1.36. The van der Waals surface area contributed by atoms with Crippen molar-refractivity contribution >= 4 is 11.9 Å². The van der Waals surface area contributed by atoms with E-state index < -0.39 is 0 Å². The maximum Gasteiger partial charge on any atom is 0.297 e. The van der Waals surface area contributed by atoms with Crippen molar-refractivity contribution in [2.75, 3.05) is 77.8 Å². The van der Waals surface area contributed by atoms with Gasteiger partial charge in [-0.1, -0.05) is 0 Å². The highest BCUT2D eigenvalue weighted by atomic mass is 16.5. The zero-order valence-corrected chi connectivity index (χ0v) is 19.5. The number of nitrogens with one attached hydrogen (secondary N) is 1. The number of carbonyl (C=O) groups excluding carboxylic acids is 1. The number of nitrogens with zero attached hydrogens (tertiary/aromatic N) is 3. The summed E-state index contributed by atoms with van der Waals surface area (Å²) in [5.74, 6) is 1.83. The van der Waals surface area contributed by atoms with Crippen LogP contribution in [0.5, 0.6) is 0 Å². The van der Waals surface area contributed by atoms with Crippen molar-refractivity contribution in [3.05, 3.63) is 11.5 Å². The lowest BCUT2D eigenvalue weighted by Gasteiger charge is -2.37. The van der Waals surface area contributed by atoms with Crippen molar-refractivity contribution in [3.63, 3.8) is 0 Å². The Hall–Kier alpha value is -1.68. The van der Waals surface area contributed by atoms with Gasteiger partial charge in [-0.2, -0.15) is 4.98 Å². The first-order chi connectivity index (χ1) is 15.6. The standard InChI is InChI=1S/C23H38N4O5/c1-17-21(25-23(32-17)27-5-9-31-10-6-27)15-26-13-19(16-29-2)11-20(14-26)22(28)24-12-18-3-7-30-8-4-18/h18-20H,3-16H2,1-2H3,(H,24,28)/t19-,20-/m1/s1. The third kappa shape index (κ3) is 6.21. The van der Waals surface area contributed by atoms with E-state index in [9.17, 15) is 4.79 Å². The van der Waals surface area contributed by atoms with Crippen LogP contribution in [0.25, 0.3) is 0 Å². The molecule has 3 aliphatic heterocycles. The molecule has 3 saturated heterocycles. The molecule has 2 atom stereocenters. The molecule has 0 unspecified atom stereocenters. The molecule has 1 amide bonds. The van der Waals surface area contributed by atoms with Crippen LogP contribution in [0.15, 0.2) is 4.42 Å². The fourth-order valence-electron chi connectivity index (χ4n) is 4.98. The molecule has 9 nitrogen and oxygen atoms in total. The first-order valence-corrected chi connectivity index (χ1v) is 12.0. The molecule has 0 aliphatic carbocycles. The minimum atomic E-state index is -0.0327. The highest BCUT2D eigenvalue weighted by Gasteiger charge is 2.33. The van der Waals surface area contributed by atoms with Gasteiger partial charge in [0.25, 0.3) is 6.01 Å². The predicted octanol–water partition coefficient (Wildman–Crippen LogP) is 1.45. The molecule has 0 bridgehead atoms. The maximum atomic E-state index is 13.0.